The Hall–Kier alpha value is -1.67. The van der Waals surface area contributed by atoms with E-state index >= 15 is 0 Å². The van der Waals surface area contributed by atoms with Gasteiger partial charge in [0.2, 0.25) is 0 Å². The first-order valence-corrected chi connectivity index (χ1v) is 6.62. The topological polar surface area (TPSA) is 26.0 Å². The summed E-state index contributed by atoms with van der Waals surface area (Å²) < 4.78 is 13.1. The number of aryl methyl sites for hydroxylation is 2. The van der Waals surface area contributed by atoms with Gasteiger partial charge in [-0.15, -0.1) is 0 Å². The van der Waals surface area contributed by atoms with Gasteiger partial charge in [0, 0.05) is 5.92 Å². The van der Waals surface area contributed by atoms with Gasteiger partial charge in [-0.25, -0.2) is 4.39 Å². The zero-order chi connectivity index (χ0) is 13.8. The lowest BCUT2D eigenvalue weighted by atomic mass is 9.89. The van der Waals surface area contributed by atoms with Crippen LogP contribution in [-0.2, 0) is 6.42 Å². The molecule has 1 nitrogen and oxygen atoms in total. The Labute approximate surface area is 114 Å². The Kier molecular flexibility index (Phi) is 4.33. The van der Waals surface area contributed by atoms with Gasteiger partial charge in [-0.1, -0.05) is 35.9 Å². The van der Waals surface area contributed by atoms with Crippen LogP contribution in [0.3, 0.4) is 0 Å². The van der Waals surface area contributed by atoms with E-state index in [4.69, 9.17) is 5.73 Å². The number of nitrogens with two attached hydrogens (primary N) is 1. The van der Waals surface area contributed by atoms with Gasteiger partial charge in [-0.05, 0) is 55.6 Å². The summed E-state index contributed by atoms with van der Waals surface area (Å²) in [5, 5.41) is 0. The quantitative estimate of drug-likeness (QED) is 0.887. The first kappa shape index (κ1) is 13.8. The van der Waals surface area contributed by atoms with Crippen LogP contribution in [0.25, 0.3) is 0 Å². The molecule has 2 rings (SSSR count). The molecule has 0 aromatic heterocycles. The van der Waals surface area contributed by atoms with E-state index in [1.165, 1.54) is 22.8 Å². The minimum absolute atomic E-state index is 0.180. The van der Waals surface area contributed by atoms with Crippen LogP contribution in [0.1, 0.15) is 28.2 Å². The van der Waals surface area contributed by atoms with Crippen molar-refractivity contribution >= 4 is 0 Å². The van der Waals surface area contributed by atoms with E-state index in [1.807, 2.05) is 13.0 Å². The highest BCUT2D eigenvalue weighted by atomic mass is 19.1. The molecule has 0 aliphatic rings. The molecule has 0 saturated carbocycles. The van der Waals surface area contributed by atoms with E-state index in [1.54, 1.807) is 6.07 Å². The lowest BCUT2D eigenvalue weighted by Crippen LogP contribution is -2.15. The number of hydrogen-bond acceptors (Lipinski definition) is 1. The number of benzene rings is 2. The minimum Gasteiger partial charge on any atom is -0.330 e. The Morgan fingerprint density at radius 3 is 2.53 bits per heavy atom. The summed E-state index contributed by atoms with van der Waals surface area (Å²) in [5.41, 5.74) is 10.6. The minimum atomic E-state index is -0.180. The van der Waals surface area contributed by atoms with Gasteiger partial charge in [-0.3, -0.25) is 0 Å². The van der Waals surface area contributed by atoms with Crippen molar-refractivity contribution in [1.82, 2.24) is 0 Å². The summed E-state index contributed by atoms with van der Waals surface area (Å²) in [7, 11) is 0. The van der Waals surface area contributed by atoms with Gasteiger partial charge in [0.05, 0.1) is 0 Å². The summed E-state index contributed by atoms with van der Waals surface area (Å²) in [6, 6.07) is 13.4. The van der Waals surface area contributed by atoms with Crippen LogP contribution in [0.15, 0.2) is 42.5 Å². The maximum absolute atomic E-state index is 13.1. The third-order valence-electron chi connectivity index (χ3n) is 3.57. The zero-order valence-electron chi connectivity index (χ0n) is 11.5. The maximum atomic E-state index is 13.1. The molecule has 0 saturated heterocycles. The van der Waals surface area contributed by atoms with E-state index in [0.29, 0.717) is 6.54 Å². The van der Waals surface area contributed by atoms with Gasteiger partial charge in [0.25, 0.3) is 0 Å². The fourth-order valence-electron chi connectivity index (χ4n) is 2.42. The van der Waals surface area contributed by atoms with Crippen molar-refractivity contribution in [3.8, 4) is 0 Å². The second-order valence-corrected chi connectivity index (χ2v) is 5.12. The molecule has 0 aliphatic heterocycles. The smallest absolute Gasteiger partial charge is 0.123 e. The lowest BCUT2D eigenvalue weighted by molar-refractivity contribution is 0.623. The van der Waals surface area contributed by atoms with E-state index in [2.05, 4.69) is 31.2 Å². The molecule has 2 heteroatoms. The van der Waals surface area contributed by atoms with Crippen molar-refractivity contribution in [3.05, 3.63) is 70.5 Å². The molecule has 1 unspecified atom stereocenters. The zero-order valence-corrected chi connectivity index (χ0v) is 11.5. The fourth-order valence-corrected chi connectivity index (χ4v) is 2.42. The van der Waals surface area contributed by atoms with E-state index in [0.717, 1.165) is 12.0 Å². The highest BCUT2D eigenvalue weighted by Gasteiger charge is 2.12. The molecule has 2 aromatic rings. The molecule has 19 heavy (non-hydrogen) atoms. The van der Waals surface area contributed by atoms with Crippen molar-refractivity contribution in [2.45, 2.75) is 26.2 Å². The predicted octanol–water partition coefficient (Wildman–Crippen LogP) is 3.73. The maximum Gasteiger partial charge on any atom is 0.123 e. The second-order valence-electron chi connectivity index (χ2n) is 5.12. The van der Waals surface area contributed by atoms with E-state index in [-0.39, 0.29) is 11.7 Å². The third-order valence-corrected chi connectivity index (χ3v) is 3.57. The molecular formula is C17H20FN. The summed E-state index contributed by atoms with van der Waals surface area (Å²) in [5.74, 6) is 0.102. The molecule has 0 amide bonds. The Morgan fingerprint density at radius 2 is 1.89 bits per heavy atom. The van der Waals surface area contributed by atoms with Crippen molar-refractivity contribution in [2.24, 2.45) is 5.73 Å². The molecule has 2 aromatic carbocycles. The van der Waals surface area contributed by atoms with Gasteiger partial charge in [0.1, 0.15) is 5.82 Å². The molecule has 0 heterocycles. The molecule has 100 valence electrons. The average molecular weight is 257 g/mol. The van der Waals surface area contributed by atoms with Crippen LogP contribution < -0.4 is 5.73 Å². The summed E-state index contributed by atoms with van der Waals surface area (Å²) in [4.78, 5) is 0. The molecule has 0 fully saturated rings. The van der Waals surface area contributed by atoms with Crippen LogP contribution in [0.2, 0.25) is 0 Å². The SMILES string of the molecule is Cc1cccc(C(CN)Cc2ccc(F)cc2C)c1. The lowest BCUT2D eigenvalue weighted by Gasteiger charge is -2.17. The highest BCUT2D eigenvalue weighted by Crippen LogP contribution is 2.23. The second kappa shape index (κ2) is 5.98. The fraction of sp³-hybridized carbons (Fsp3) is 0.294. The van der Waals surface area contributed by atoms with Crippen molar-refractivity contribution < 1.29 is 4.39 Å². The van der Waals surface area contributed by atoms with Crippen LogP contribution in [0.4, 0.5) is 4.39 Å². The Bertz CT molecular complexity index is 563. The van der Waals surface area contributed by atoms with Gasteiger partial charge in [0.15, 0.2) is 0 Å². The largest absolute Gasteiger partial charge is 0.330 e. The molecular weight excluding hydrogens is 237 g/mol. The van der Waals surface area contributed by atoms with Crippen molar-refractivity contribution in [2.75, 3.05) is 6.54 Å². The predicted molar refractivity (Wildman–Crippen MR) is 77.8 cm³/mol. The monoisotopic (exact) mass is 257 g/mol. The molecule has 1 atom stereocenters. The van der Waals surface area contributed by atoms with Crippen LogP contribution in [-0.4, -0.2) is 6.54 Å². The standard InChI is InChI=1S/C17H20FN/c1-12-4-3-5-15(8-12)16(11-19)10-14-6-7-17(18)9-13(14)2/h3-9,16H,10-11,19H2,1-2H3. The molecule has 0 aliphatic carbocycles. The van der Waals surface area contributed by atoms with Gasteiger partial charge >= 0.3 is 0 Å². The average Bonchev–Trinajstić information content (AvgIpc) is 2.38. The van der Waals surface area contributed by atoms with E-state index < -0.39 is 0 Å². The van der Waals surface area contributed by atoms with Gasteiger partial charge < -0.3 is 5.73 Å². The summed E-state index contributed by atoms with van der Waals surface area (Å²) >= 11 is 0. The summed E-state index contributed by atoms with van der Waals surface area (Å²) in [6.07, 6.45) is 0.853. The highest BCUT2D eigenvalue weighted by molar-refractivity contribution is 5.31. The molecule has 2 N–H and O–H groups in total. The van der Waals surface area contributed by atoms with Crippen LogP contribution in [0.5, 0.6) is 0 Å². The third kappa shape index (κ3) is 3.42. The molecule has 0 radical (unpaired) electrons. The van der Waals surface area contributed by atoms with Crippen LogP contribution >= 0.6 is 0 Å². The number of halogens is 1. The van der Waals surface area contributed by atoms with E-state index in [9.17, 15) is 4.39 Å². The summed E-state index contributed by atoms with van der Waals surface area (Å²) in [6.45, 7) is 4.63. The van der Waals surface area contributed by atoms with Crippen molar-refractivity contribution in [3.63, 3.8) is 0 Å². The number of rotatable bonds is 4. The number of hydrogen-bond donors (Lipinski definition) is 1. The van der Waals surface area contributed by atoms with Gasteiger partial charge in [-0.2, -0.15) is 0 Å². The van der Waals surface area contributed by atoms with Crippen molar-refractivity contribution in [1.29, 1.82) is 0 Å². The Balaban J connectivity index is 2.24. The normalized spacial score (nSPS) is 12.4. The molecule has 0 bridgehead atoms. The Morgan fingerprint density at radius 1 is 1.11 bits per heavy atom. The first-order valence-electron chi connectivity index (χ1n) is 6.62. The first-order chi connectivity index (χ1) is 9.10. The molecule has 0 spiro atoms. The van der Waals surface area contributed by atoms with Crippen LogP contribution in [0, 0.1) is 19.7 Å².